The van der Waals surface area contributed by atoms with E-state index in [0.29, 0.717) is 18.0 Å². The quantitative estimate of drug-likeness (QED) is 0.754. The molecule has 0 aromatic carbocycles. The molecule has 1 aliphatic carbocycles. The molecule has 16 heavy (non-hydrogen) atoms. The van der Waals surface area contributed by atoms with Crippen LogP contribution in [-0.2, 0) is 0 Å². The third-order valence-electron chi connectivity index (χ3n) is 3.86. The first-order chi connectivity index (χ1) is 7.60. The van der Waals surface area contributed by atoms with Gasteiger partial charge in [-0.2, -0.15) is 0 Å². The number of hydrogen-bond acceptors (Lipinski definition) is 2. The average molecular weight is 227 g/mol. The van der Waals surface area contributed by atoms with Crippen LogP contribution in [0.15, 0.2) is 0 Å². The molecule has 1 N–H and O–H groups in total. The molecule has 0 bridgehead atoms. The topological polar surface area (TPSA) is 23.5 Å². The Kier molecular flexibility index (Phi) is 5.77. The summed E-state index contributed by atoms with van der Waals surface area (Å²) in [7, 11) is 0. The zero-order chi connectivity index (χ0) is 12.1. The minimum absolute atomic E-state index is 0.0839. The van der Waals surface area contributed by atoms with Gasteiger partial charge in [0, 0.05) is 18.6 Å². The highest BCUT2D eigenvalue weighted by molar-refractivity contribution is 4.88. The van der Waals surface area contributed by atoms with E-state index in [-0.39, 0.29) is 6.10 Å². The number of rotatable bonds is 6. The molecule has 0 spiro atoms. The Balaban J connectivity index is 2.68. The largest absolute Gasteiger partial charge is 0.391 e. The highest BCUT2D eigenvalue weighted by Gasteiger charge is 2.33. The maximum atomic E-state index is 10.1. The number of aliphatic hydroxyl groups is 1. The van der Waals surface area contributed by atoms with E-state index in [1.165, 1.54) is 25.7 Å². The van der Waals surface area contributed by atoms with Crippen LogP contribution in [0.25, 0.3) is 0 Å². The van der Waals surface area contributed by atoms with Gasteiger partial charge in [0.05, 0.1) is 6.10 Å². The summed E-state index contributed by atoms with van der Waals surface area (Å²) in [6, 6.07) is 1.08. The van der Waals surface area contributed by atoms with Crippen molar-refractivity contribution in [2.45, 2.75) is 78.0 Å². The minimum Gasteiger partial charge on any atom is -0.391 e. The van der Waals surface area contributed by atoms with Crippen molar-refractivity contribution in [3.05, 3.63) is 0 Å². The lowest BCUT2D eigenvalue weighted by molar-refractivity contribution is 0.0323. The number of hydrogen-bond donors (Lipinski definition) is 1. The molecule has 0 aromatic heterocycles. The Morgan fingerprint density at radius 1 is 1.19 bits per heavy atom. The fourth-order valence-electron chi connectivity index (χ4n) is 3.04. The molecule has 0 aromatic rings. The maximum Gasteiger partial charge on any atom is 0.0695 e. The molecule has 2 unspecified atom stereocenters. The molecule has 1 saturated carbocycles. The molecule has 96 valence electrons. The van der Waals surface area contributed by atoms with Crippen molar-refractivity contribution in [2.24, 2.45) is 5.92 Å². The van der Waals surface area contributed by atoms with E-state index in [1.807, 2.05) is 0 Å². The van der Waals surface area contributed by atoms with Crippen molar-refractivity contribution >= 4 is 0 Å². The Labute approximate surface area is 101 Å². The van der Waals surface area contributed by atoms with E-state index in [9.17, 15) is 5.11 Å². The van der Waals surface area contributed by atoms with Gasteiger partial charge in [-0.15, -0.1) is 0 Å². The molecule has 0 radical (unpaired) electrons. The Morgan fingerprint density at radius 2 is 1.81 bits per heavy atom. The molecule has 2 atom stereocenters. The summed E-state index contributed by atoms with van der Waals surface area (Å²) in [4.78, 5) is 2.59. The first-order valence-corrected chi connectivity index (χ1v) is 7.03. The van der Waals surface area contributed by atoms with Crippen LogP contribution in [0.2, 0.25) is 0 Å². The van der Waals surface area contributed by atoms with Gasteiger partial charge in [-0.25, -0.2) is 0 Å². The second-order valence-electron chi connectivity index (χ2n) is 5.63. The predicted molar refractivity (Wildman–Crippen MR) is 69.6 cm³/mol. The van der Waals surface area contributed by atoms with E-state index in [0.717, 1.165) is 13.0 Å². The van der Waals surface area contributed by atoms with Gasteiger partial charge < -0.3 is 5.11 Å². The summed E-state index contributed by atoms with van der Waals surface area (Å²) in [5.74, 6) is 0.688. The monoisotopic (exact) mass is 227 g/mol. The van der Waals surface area contributed by atoms with E-state index < -0.39 is 0 Å². The second kappa shape index (κ2) is 6.61. The standard InChI is InChI=1S/C14H29NO/c1-5-12(6-2)15(10-11(3)4)13-8-7-9-14(13)16/h11-14,16H,5-10H2,1-4H3. The second-order valence-corrected chi connectivity index (χ2v) is 5.63. The van der Waals surface area contributed by atoms with Crippen molar-refractivity contribution in [3.8, 4) is 0 Å². The number of aliphatic hydroxyl groups excluding tert-OH is 1. The van der Waals surface area contributed by atoms with Crippen molar-refractivity contribution in [2.75, 3.05) is 6.54 Å². The lowest BCUT2D eigenvalue weighted by atomic mass is 10.0. The van der Waals surface area contributed by atoms with Crippen LogP contribution < -0.4 is 0 Å². The van der Waals surface area contributed by atoms with Crippen LogP contribution in [0, 0.1) is 5.92 Å². The van der Waals surface area contributed by atoms with Crippen LogP contribution >= 0.6 is 0 Å². The van der Waals surface area contributed by atoms with Crippen molar-refractivity contribution in [1.29, 1.82) is 0 Å². The predicted octanol–water partition coefficient (Wildman–Crippen LogP) is 3.05. The molecular formula is C14H29NO. The number of nitrogens with zero attached hydrogens (tertiary/aromatic N) is 1. The SMILES string of the molecule is CCC(CC)N(CC(C)C)C1CCCC1O. The summed E-state index contributed by atoms with van der Waals surface area (Å²) < 4.78 is 0. The summed E-state index contributed by atoms with van der Waals surface area (Å²) in [5.41, 5.74) is 0. The molecule has 1 aliphatic rings. The van der Waals surface area contributed by atoms with Crippen LogP contribution in [0.4, 0.5) is 0 Å². The summed E-state index contributed by atoms with van der Waals surface area (Å²) >= 11 is 0. The third-order valence-corrected chi connectivity index (χ3v) is 3.86. The van der Waals surface area contributed by atoms with Crippen molar-refractivity contribution < 1.29 is 5.11 Å². The molecule has 1 rings (SSSR count). The molecule has 0 aliphatic heterocycles. The fourth-order valence-corrected chi connectivity index (χ4v) is 3.04. The lowest BCUT2D eigenvalue weighted by Gasteiger charge is -2.38. The van der Waals surface area contributed by atoms with Crippen LogP contribution in [0.1, 0.15) is 59.8 Å². The highest BCUT2D eigenvalue weighted by Crippen LogP contribution is 2.28. The third kappa shape index (κ3) is 3.46. The van der Waals surface area contributed by atoms with Gasteiger partial charge in [0.15, 0.2) is 0 Å². The average Bonchev–Trinajstić information content (AvgIpc) is 2.64. The van der Waals surface area contributed by atoms with Gasteiger partial charge in [0.1, 0.15) is 0 Å². The molecule has 1 fully saturated rings. The molecule has 0 amide bonds. The zero-order valence-electron chi connectivity index (χ0n) is 11.4. The van der Waals surface area contributed by atoms with Crippen LogP contribution in [-0.4, -0.2) is 34.7 Å². The Hall–Kier alpha value is -0.0800. The van der Waals surface area contributed by atoms with E-state index in [2.05, 4.69) is 32.6 Å². The molecule has 0 heterocycles. The molecule has 2 nitrogen and oxygen atoms in total. The summed E-state index contributed by atoms with van der Waals surface area (Å²) in [6.07, 6.45) is 5.70. The smallest absolute Gasteiger partial charge is 0.0695 e. The fraction of sp³-hybridized carbons (Fsp3) is 1.00. The zero-order valence-corrected chi connectivity index (χ0v) is 11.4. The Bertz CT molecular complexity index is 189. The first kappa shape index (κ1) is 14.0. The van der Waals surface area contributed by atoms with Gasteiger partial charge in [0.25, 0.3) is 0 Å². The van der Waals surface area contributed by atoms with Crippen LogP contribution in [0.5, 0.6) is 0 Å². The molecule has 0 saturated heterocycles. The highest BCUT2D eigenvalue weighted by atomic mass is 16.3. The Morgan fingerprint density at radius 3 is 2.19 bits per heavy atom. The molecule has 2 heteroatoms. The van der Waals surface area contributed by atoms with E-state index in [4.69, 9.17) is 0 Å². The van der Waals surface area contributed by atoms with Gasteiger partial charge in [-0.1, -0.05) is 27.7 Å². The van der Waals surface area contributed by atoms with Gasteiger partial charge in [-0.3, -0.25) is 4.90 Å². The maximum absolute atomic E-state index is 10.1. The van der Waals surface area contributed by atoms with Crippen molar-refractivity contribution in [1.82, 2.24) is 4.90 Å². The molecular weight excluding hydrogens is 198 g/mol. The summed E-state index contributed by atoms with van der Waals surface area (Å²) in [6.45, 7) is 10.2. The first-order valence-electron chi connectivity index (χ1n) is 7.03. The summed E-state index contributed by atoms with van der Waals surface area (Å²) in [5, 5.41) is 10.1. The lowest BCUT2D eigenvalue weighted by Crippen LogP contribution is -2.48. The van der Waals surface area contributed by atoms with Gasteiger partial charge in [0.2, 0.25) is 0 Å². The minimum atomic E-state index is -0.0839. The van der Waals surface area contributed by atoms with E-state index in [1.54, 1.807) is 0 Å². The van der Waals surface area contributed by atoms with Crippen LogP contribution in [0.3, 0.4) is 0 Å². The normalized spacial score (nSPS) is 26.2. The van der Waals surface area contributed by atoms with Gasteiger partial charge in [-0.05, 0) is 38.0 Å². The van der Waals surface area contributed by atoms with Crippen molar-refractivity contribution in [3.63, 3.8) is 0 Å². The van der Waals surface area contributed by atoms with E-state index >= 15 is 0 Å². The van der Waals surface area contributed by atoms with Gasteiger partial charge >= 0.3 is 0 Å².